The first-order valence-corrected chi connectivity index (χ1v) is 14.9. The molecule has 1 aliphatic rings. The van der Waals surface area contributed by atoms with Crippen LogP contribution in [0, 0.1) is 13.8 Å². The molecule has 44 heavy (non-hydrogen) atoms. The summed E-state index contributed by atoms with van der Waals surface area (Å²) in [6, 6.07) is 6.92. The number of hydrogen-bond acceptors (Lipinski definition) is 8. The highest BCUT2D eigenvalue weighted by Gasteiger charge is 2.29. The van der Waals surface area contributed by atoms with Crippen LogP contribution in [-0.4, -0.2) is 49.5 Å². The van der Waals surface area contributed by atoms with Gasteiger partial charge in [-0.3, -0.25) is 19.1 Å². The van der Waals surface area contributed by atoms with Crippen LogP contribution in [-0.2, 0) is 16.0 Å². The highest BCUT2D eigenvalue weighted by Crippen LogP contribution is 2.50. The van der Waals surface area contributed by atoms with E-state index in [-0.39, 0.29) is 35.7 Å². The van der Waals surface area contributed by atoms with E-state index in [0.717, 1.165) is 33.8 Å². The summed E-state index contributed by atoms with van der Waals surface area (Å²) in [4.78, 5) is 38.4. The van der Waals surface area contributed by atoms with Crippen molar-refractivity contribution in [1.29, 1.82) is 0 Å². The average Bonchev–Trinajstić information content (AvgIpc) is 3.09. The summed E-state index contributed by atoms with van der Waals surface area (Å²) in [5.41, 5.74) is 5.81. The number of aryl methyl sites for hydroxylation is 2. The zero-order valence-electron chi connectivity index (χ0n) is 26.8. The predicted molar refractivity (Wildman–Crippen MR) is 171 cm³/mol. The molecule has 1 aliphatic carbocycles. The maximum absolute atomic E-state index is 13.5. The third-order valence-corrected chi connectivity index (χ3v) is 7.89. The molecule has 11 nitrogen and oxygen atoms in total. The molecule has 11 heteroatoms. The Balaban J connectivity index is 1.60. The van der Waals surface area contributed by atoms with Crippen LogP contribution in [0.1, 0.15) is 74.6 Å². The molecule has 0 radical (unpaired) electrons. The first kappa shape index (κ1) is 32.4. The van der Waals surface area contributed by atoms with Crippen molar-refractivity contribution < 1.29 is 23.8 Å². The maximum Gasteiger partial charge on any atom is 0.224 e. The lowest BCUT2D eigenvalue weighted by atomic mass is 9.95. The van der Waals surface area contributed by atoms with E-state index in [0.29, 0.717) is 54.3 Å². The lowest BCUT2D eigenvalue weighted by molar-refractivity contribution is -0.119. The van der Waals surface area contributed by atoms with Gasteiger partial charge in [-0.2, -0.15) is 5.10 Å². The van der Waals surface area contributed by atoms with Crippen LogP contribution in [0.4, 0.5) is 11.4 Å². The number of methoxy groups -OCH3 is 3. The number of ether oxygens (including phenoxy) is 3. The Morgan fingerprint density at radius 2 is 1.80 bits per heavy atom. The molecule has 1 atom stereocenters. The number of fused-ring (bicyclic) bond motifs is 3. The smallest absolute Gasteiger partial charge is 0.224 e. The molecule has 236 valence electrons. The summed E-state index contributed by atoms with van der Waals surface area (Å²) in [6.07, 6.45) is 1.99. The van der Waals surface area contributed by atoms with Gasteiger partial charge in [0.25, 0.3) is 0 Å². The number of rotatable bonds is 11. The van der Waals surface area contributed by atoms with Crippen molar-refractivity contribution in [2.75, 3.05) is 38.5 Å². The van der Waals surface area contributed by atoms with Crippen molar-refractivity contribution in [1.82, 2.24) is 15.1 Å². The van der Waals surface area contributed by atoms with Gasteiger partial charge in [-0.05, 0) is 81.8 Å². The van der Waals surface area contributed by atoms with Gasteiger partial charge in [0.15, 0.2) is 11.5 Å². The number of anilines is 2. The Morgan fingerprint density at radius 3 is 2.41 bits per heavy atom. The molecule has 1 aromatic heterocycles. The van der Waals surface area contributed by atoms with E-state index in [9.17, 15) is 14.4 Å². The van der Waals surface area contributed by atoms with E-state index in [4.69, 9.17) is 14.2 Å². The summed E-state index contributed by atoms with van der Waals surface area (Å²) in [5, 5.41) is 13.7. The van der Waals surface area contributed by atoms with E-state index in [1.807, 2.05) is 44.5 Å². The molecule has 4 rings (SSSR count). The maximum atomic E-state index is 13.5. The summed E-state index contributed by atoms with van der Waals surface area (Å²) in [6.45, 7) is 9.81. The number of aromatic nitrogens is 2. The molecule has 1 heterocycles. The van der Waals surface area contributed by atoms with Crippen molar-refractivity contribution in [2.45, 2.75) is 72.4 Å². The molecule has 0 saturated heterocycles. The molecule has 3 N–H and O–H groups in total. The van der Waals surface area contributed by atoms with E-state index in [2.05, 4.69) is 21.0 Å². The van der Waals surface area contributed by atoms with Gasteiger partial charge in [0.05, 0.1) is 50.1 Å². The highest BCUT2D eigenvalue weighted by molar-refractivity contribution is 5.92. The minimum atomic E-state index is -0.389. The van der Waals surface area contributed by atoms with Crippen LogP contribution in [0.3, 0.4) is 0 Å². The van der Waals surface area contributed by atoms with Crippen LogP contribution >= 0.6 is 0 Å². The zero-order valence-corrected chi connectivity index (χ0v) is 26.8. The summed E-state index contributed by atoms with van der Waals surface area (Å²) < 4.78 is 19.0. The fraction of sp³-hybridized carbons (Fsp3) is 0.455. The Labute approximate surface area is 258 Å². The van der Waals surface area contributed by atoms with E-state index < -0.39 is 0 Å². The topological polar surface area (TPSA) is 133 Å². The second kappa shape index (κ2) is 13.8. The summed E-state index contributed by atoms with van der Waals surface area (Å²) in [5.74, 6) is 1.19. The SMILES string of the molecule is COc1cc2c(c(OC)c1OC)-c1ccc(NCCCC(=O)Nc3c(C)nn(C(C)C)c3C)c(=O)cc1[C@@H](NC(C)=O)CC2. The van der Waals surface area contributed by atoms with Gasteiger partial charge in [0, 0.05) is 31.5 Å². The monoisotopic (exact) mass is 605 g/mol. The Hall–Kier alpha value is -4.54. The fourth-order valence-electron chi connectivity index (χ4n) is 5.87. The average molecular weight is 606 g/mol. The number of amides is 2. The van der Waals surface area contributed by atoms with Crippen molar-refractivity contribution in [3.63, 3.8) is 0 Å². The molecule has 3 aromatic rings. The minimum absolute atomic E-state index is 0.111. The molecule has 2 aromatic carbocycles. The highest BCUT2D eigenvalue weighted by atomic mass is 16.5. The molecule has 0 unspecified atom stereocenters. The van der Waals surface area contributed by atoms with Gasteiger partial charge < -0.3 is 30.2 Å². The Kier molecular flexibility index (Phi) is 10.2. The predicted octanol–water partition coefficient (Wildman–Crippen LogP) is 5.09. The van der Waals surface area contributed by atoms with Gasteiger partial charge in [0.2, 0.25) is 23.0 Å². The molecule has 2 amide bonds. The largest absolute Gasteiger partial charge is 0.493 e. The van der Waals surface area contributed by atoms with Crippen LogP contribution in [0.15, 0.2) is 29.1 Å². The second-order valence-corrected chi connectivity index (χ2v) is 11.3. The third kappa shape index (κ3) is 6.66. The van der Waals surface area contributed by atoms with E-state index in [1.54, 1.807) is 33.5 Å². The number of carbonyl (C=O) groups is 2. The minimum Gasteiger partial charge on any atom is -0.493 e. The quantitative estimate of drug-likeness (QED) is 0.258. The Morgan fingerprint density at radius 1 is 1.07 bits per heavy atom. The first-order chi connectivity index (χ1) is 21.0. The lowest BCUT2D eigenvalue weighted by Gasteiger charge is -2.19. The molecule has 0 spiro atoms. The first-order valence-electron chi connectivity index (χ1n) is 14.9. The van der Waals surface area contributed by atoms with Crippen molar-refractivity contribution in [2.24, 2.45) is 0 Å². The third-order valence-electron chi connectivity index (χ3n) is 7.89. The van der Waals surface area contributed by atoms with Gasteiger partial charge in [-0.1, -0.05) is 6.07 Å². The standard InChI is InChI=1S/C33H43N5O6/c1-18(2)38-20(4)31(19(3)37-38)36-29(41)10-9-15-34-26-14-12-23-24(17-27(26)40)25(35-21(5)39)13-11-22-16-28(42-6)32(43-7)33(44-8)30(22)23/h12,14,16-18,25H,9-11,13,15H2,1-8H3,(H,34,40)(H,35,39)(H,36,41)/t25-/m0/s1. The molecular weight excluding hydrogens is 562 g/mol. The van der Waals surface area contributed by atoms with Gasteiger partial charge in [-0.15, -0.1) is 0 Å². The van der Waals surface area contributed by atoms with Crippen molar-refractivity contribution >= 4 is 23.2 Å². The summed E-state index contributed by atoms with van der Waals surface area (Å²) >= 11 is 0. The van der Waals surface area contributed by atoms with Crippen LogP contribution in [0.2, 0.25) is 0 Å². The number of hydrogen-bond donors (Lipinski definition) is 3. The van der Waals surface area contributed by atoms with Crippen molar-refractivity contribution in [3.8, 4) is 28.4 Å². The van der Waals surface area contributed by atoms with Crippen LogP contribution < -0.4 is 35.6 Å². The number of nitrogens with one attached hydrogen (secondary N) is 3. The van der Waals surface area contributed by atoms with Gasteiger partial charge in [0.1, 0.15) is 0 Å². The zero-order chi connectivity index (χ0) is 32.1. The van der Waals surface area contributed by atoms with Gasteiger partial charge in [-0.25, -0.2) is 0 Å². The van der Waals surface area contributed by atoms with Crippen molar-refractivity contribution in [3.05, 3.63) is 57.0 Å². The number of carbonyl (C=O) groups excluding carboxylic acids is 2. The number of nitrogens with zero attached hydrogens (tertiary/aromatic N) is 2. The normalized spacial score (nSPS) is 13.8. The van der Waals surface area contributed by atoms with E-state index in [1.165, 1.54) is 6.92 Å². The van der Waals surface area contributed by atoms with E-state index >= 15 is 0 Å². The van der Waals surface area contributed by atoms with Crippen LogP contribution in [0.25, 0.3) is 11.1 Å². The van der Waals surface area contributed by atoms with Gasteiger partial charge >= 0.3 is 0 Å². The second-order valence-electron chi connectivity index (χ2n) is 11.3. The molecule has 0 bridgehead atoms. The molecule has 0 aliphatic heterocycles. The van der Waals surface area contributed by atoms with Crippen LogP contribution in [0.5, 0.6) is 17.2 Å². The molecular formula is C33H43N5O6. The fourth-order valence-corrected chi connectivity index (χ4v) is 5.87. The molecule has 0 fully saturated rings. The number of benzene rings is 1. The summed E-state index contributed by atoms with van der Waals surface area (Å²) in [7, 11) is 4.69. The molecule has 0 saturated carbocycles. The Bertz CT molecular complexity index is 1610. The lowest BCUT2D eigenvalue weighted by Crippen LogP contribution is -2.26.